The molecule has 0 radical (unpaired) electrons. The number of aromatic nitrogens is 1. The summed E-state index contributed by atoms with van der Waals surface area (Å²) in [6.45, 7) is 0.493. The van der Waals surface area contributed by atoms with Gasteiger partial charge in [-0.2, -0.15) is 0 Å². The molecule has 1 heterocycles. The maximum atomic E-state index is 12.9. The zero-order valence-corrected chi connectivity index (χ0v) is 11.7. The van der Waals surface area contributed by atoms with Crippen molar-refractivity contribution in [3.05, 3.63) is 83.9 Å². The van der Waals surface area contributed by atoms with Gasteiger partial charge in [0.15, 0.2) is 0 Å². The Morgan fingerprint density at radius 1 is 1.00 bits per heavy atom. The lowest BCUT2D eigenvalue weighted by atomic mass is 10.1. The number of hydrogen-bond donors (Lipinski definition) is 1. The molecule has 1 N–H and O–H groups in total. The van der Waals surface area contributed by atoms with Crippen molar-refractivity contribution >= 4 is 5.97 Å². The molecule has 0 fully saturated rings. The molecule has 3 aromatic rings. The van der Waals surface area contributed by atoms with Crippen molar-refractivity contribution in [1.29, 1.82) is 0 Å². The second kappa shape index (κ2) is 5.85. The number of rotatable bonds is 4. The number of aromatic carboxylic acids is 1. The molecule has 3 rings (SSSR count). The van der Waals surface area contributed by atoms with E-state index < -0.39 is 5.97 Å². The second-order valence-corrected chi connectivity index (χ2v) is 5.06. The van der Waals surface area contributed by atoms with Crippen LogP contribution >= 0.6 is 0 Å². The Labute approximate surface area is 127 Å². The Kier molecular flexibility index (Phi) is 3.74. The molecule has 0 unspecified atom stereocenters. The van der Waals surface area contributed by atoms with Crippen LogP contribution in [-0.2, 0) is 6.54 Å². The average Bonchev–Trinajstić information content (AvgIpc) is 2.95. The molecule has 2 aromatic carbocycles. The molecule has 3 nitrogen and oxygen atoms in total. The monoisotopic (exact) mass is 295 g/mol. The third kappa shape index (κ3) is 2.91. The first kappa shape index (κ1) is 14.1. The predicted molar refractivity (Wildman–Crippen MR) is 82.3 cm³/mol. The van der Waals surface area contributed by atoms with Gasteiger partial charge in [-0.3, -0.25) is 0 Å². The quantitative estimate of drug-likeness (QED) is 0.789. The number of benzene rings is 2. The highest BCUT2D eigenvalue weighted by Crippen LogP contribution is 2.25. The van der Waals surface area contributed by atoms with Gasteiger partial charge in [-0.25, -0.2) is 9.18 Å². The van der Waals surface area contributed by atoms with Gasteiger partial charge in [0.1, 0.15) is 5.82 Å². The van der Waals surface area contributed by atoms with Crippen LogP contribution in [0.25, 0.3) is 11.1 Å². The Morgan fingerprint density at radius 3 is 2.32 bits per heavy atom. The summed E-state index contributed by atoms with van der Waals surface area (Å²) in [6.07, 6.45) is 3.41. The highest BCUT2D eigenvalue weighted by atomic mass is 19.1. The van der Waals surface area contributed by atoms with E-state index in [-0.39, 0.29) is 11.4 Å². The Hall–Kier alpha value is -2.88. The first-order chi connectivity index (χ1) is 10.6. The molecule has 0 saturated heterocycles. The third-order valence-corrected chi connectivity index (χ3v) is 3.47. The smallest absolute Gasteiger partial charge is 0.337 e. The first-order valence-electron chi connectivity index (χ1n) is 6.86. The third-order valence-electron chi connectivity index (χ3n) is 3.47. The lowest BCUT2D eigenvalue weighted by molar-refractivity contribution is 0.0697. The Bertz CT molecular complexity index is 792. The first-order valence-corrected chi connectivity index (χ1v) is 6.86. The van der Waals surface area contributed by atoms with Gasteiger partial charge in [0.05, 0.1) is 5.56 Å². The van der Waals surface area contributed by atoms with E-state index in [1.54, 1.807) is 22.9 Å². The zero-order valence-electron chi connectivity index (χ0n) is 11.7. The molecule has 0 aliphatic carbocycles. The van der Waals surface area contributed by atoms with E-state index in [1.165, 1.54) is 12.1 Å². The Morgan fingerprint density at radius 2 is 1.68 bits per heavy atom. The summed E-state index contributed by atoms with van der Waals surface area (Å²) in [6, 6.07) is 15.6. The summed E-state index contributed by atoms with van der Waals surface area (Å²) in [5.41, 5.74) is 2.70. The van der Waals surface area contributed by atoms with Crippen LogP contribution in [0.2, 0.25) is 0 Å². The lowest BCUT2D eigenvalue weighted by Gasteiger charge is -2.03. The number of carbonyl (C=O) groups is 1. The molecule has 110 valence electrons. The molecular formula is C18H14FNO2. The van der Waals surface area contributed by atoms with E-state index >= 15 is 0 Å². The van der Waals surface area contributed by atoms with Crippen molar-refractivity contribution in [2.75, 3.05) is 0 Å². The number of nitrogens with zero attached hydrogens (tertiary/aromatic N) is 1. The molecule has 0 bridgehead atoms. The average molecular weight is 295 g/mol. The van der Waals surface area contributed by atoms with Crippen molar-refractivity contribution in [2.45, 2.75) is 6.54 Å². The van der Waals surface area contributed by atoms with Gasteiger partial charge in [-0.05, 0) is 23.3 Å². The maximum absolute atomic E-state index is 12.9. The van der Waals surface area contributed by atoms with Crippen LogP contribution in [0, 0.1) is 5.82 Å². The SMILES string of the molecule is O=C(O)c1cn(Cc2ccc(F)cc2)cc1-c1ccccc1. The molecule has 4 heteroatoms. The minimum Gasteiger partial charge on any atom is -0.478 e. The summed E-state index contributed by atoms with van der Waals surface area (Å²) in [4.78, 5) is 11.4. The normalized spacial score (nSPS) is 10.6. The van der Waals surface area contributed by atoms with Crippen LogP contribution in [0.1, 0.15) is 15.9 Å². The van der Waals surface area contributed by atoms with Gasteiger partial charge in [-0.15, -0.1) is 0 Å². The fraction of sp³-hybridized carbons (Fsp3) is 0.0556. The van der Waals surface area contributed by atoms with E-state index in [9.17, 15) is 14.3 Å². The van der Waals surface area contributed by atoms with Crippen LogP contribution in [0.4, 0.5) is 4.39 Å². The maximum Gasteiger partial charge on any atom is 0.337 e. The van der Waals surface area contributed by atoms with Crippen molar-refractivity contribution in [2.24, 2.45) is 0 Å². The summed E-state index contributed by atoms with van der Waals surface area (Å²) in [5, 5.41) is 9.38. The molecular weight excluding hydrogens is 281 g/mol. The summed E-state index contributed by atoms with van der Waals surface area (Å²) in [7, 11) is 0. The highest BCUT2D eigenvalue weighted by molar-refractivity contribution is 5.96. The minimum atomic E-state index is -0.961. The van der Waals surface area contributed by atoms with Crippen LogP contribution in [-0.4, -0.2) is 15.6 Å². The van der Waals surface area contributed by atoms with Crippen molar-refractivity contribution < 1.29 is 14.3 Å². The number of carboxylic acids is 1. The summed E-state index contributed by atoms with van der Waals surface area (Å²) in [5.74, 6) is -1.25. The molecule has 0 aliphatic rings. The van der Waals surface area contributed by atoms with E-state index in [2.05, 4.69) is 0 Å². The van der Waals surface area contributed by atoms with E-state index in [4.69, 9.17) is 0 Å². The molecule has 22 heavy (non-hydrogen) atoms. The molecule has 0 atom stereocenters. The second-order valence-electron chi connectivity index (χ2n) is 5.06. The van der Waals surface area contributed by atoms with Crippen molar-refractivity contribution in [3.8, 4) is 11.1 Å². The fourth-order valence-electron chi connectivity index (χ4n) is 2.42. The molecule has 1 aromatic heterocycles. The number of carboxylic acid groups (broad SMARTS) is 1. The van der Waals surface area contributed by atoms with Crippen LogP contribution in [0.3, 0.4) is 0 Å². The van der Waals surface area contributed by atoms with Gasteiger partial charge >= 0.3 is 5.97 Å². The van der Waals surface area contributed by atoms with E-state index in [0.29, 0.717) is 12.1 Å². The predicted octanol–water partition coefficient (Wildman–Crippen LogP) is 4.04. The summed E-state index contributed by atoms with van der Waals surface area (Å²) >= 11 is 0. The number of halogens is 1. The Balaban J connectivity index is 1.97. The van der Waals surface area contributed by atoms with E-state index in [1.807, 2.05) is 36.5 Å². The van der Waals surface area contributed by atoms with Gasteiger partial charge in [0.25, 0.3) is 0 Å². The van der Waals surface area contributed by atoms with Gasteiger partial charge in [0, 0.05) is 24.5 Å². The highest BCUT2D eigenvalue weighted by Gasteiger charge is 2.15. The van der Waals surface area contributed by atoms with Gasteiger partial charge < -0.3 is 9.67 Å². The van der Waals surface area contributed by atoms with Gasteiger partial charge in [0.2, 0.25) is 0 Å². The van der Waals surface area contributed by atoms with Crippen molar-refractivity contribution in [1.82, 2.24) is 4.57 Å². The lowest BCUT2D eigenvalue weighted by Crippen LogP contribution is -1.98. The topological polar surface area (TPSA) is 42.2 Å². The molecule has 0 aliphatic heterocycles. The molecule has 0 saturated carbocycles. The standard InChI is InChI=1S/C18H14FNO2/c19-15-8-6-13(7-9-15)10-20-11-16(17(12-20)18(21)22)14-4-2-1-3-5-14/h1-9,11-12H,10H2,(H,21,22). The number of hydrogen-bond acceptors (Lipinski definition) is 1. The van der Waals surface area contributed by atoms with E-state index in [0.717, 1.165) is 11.1 Å². The van der Waals surface area contributed by atoms with Crippen LogP contribution in [0.15, 0.2) is 67.0 Å². The minimum absolute atomic E-state index is 0.258. The van der Waals surface area contributed by atoms with Crippen molar-refractivity contribution in [3.63, 3.8) is 0 Å². The summed E-state index contributed by atoms with van der Waals surface area (Å²) < 4.78 is 14.7. The zero-order chi connectivity index (χ0) is 15.5. The van der Waals surface area contributed by atoms with Crippen LogP contribution in [0.5, 0.6) is 0 Å². The molecule has 0 spiro atoms. The van der Waals surface area contributed by atoms with Crippen LogP contribution < -0.4 is 0 Å². The van der Waals surface area contributed by atoms with Gasteiger partial charge in [-0.1, -0.05) is 42.5 Å². The fourth-order valence-corrected chi connectivity index (χ4v) is 2.42. The molecule has 0 amide bonds. The largest absolute Gasteiger partial charge is 0.478 e.